The van der Waals surface area contributed by atoms with Crippen molar-refractivity contribution >= 4 is 16.9 Å². The molecule has 0 saturated carbocycles. The minimum atomic E-state index is -2.33. The molecule has 24 heavy (non-hydrogen) atoms. The summed E-state index contributed by atoms with van der Waals surface area (Å²) in [4.78, 5) is 16.0. The van der Waals surface area contributed by atoms with E-state index in [2.05, 4.69) is 9.72 Å². The number of hydrogen-bond acceptors (Lipinski definition) is 3. The van der Waals surface area contributed by atoms with Crippen LogP contribution in [-0.4, -0.2) is 11.0 Å². The van der Waals surface area contributed by atoms with Crippen LogP contribution in [0.25, 0.3) is 10.9 Å². The summed E-state index contributed by atoms with van der Waals surface area (Å²) in [5, 5.41) is 0.532. The van der Waals surface area contributed by atoms with E-state index in [1.165, 1.54) is 24.4 Å². The standard InChI is InChI=1S/C16H6F5NO2/c17-10-11(18)13(20)15(14(21)12(10)19)24-16(23)8-3-4-9-7(6-8)2-1-5-22-9/h1-6H. The lowest BCUT2D eigenvalue weighted by atomic mass is 10.1. The van der Waals surface area contributed by atoms with Gasteiger partial charge in [-0.1, -0.05) is 6.07 Å². The van der Waals surface area contributed by atoms with Crippen molar-refractivity contribution < 1.29 is 31.5 Å². The summed E-state index contributed by atoms with van der Waals surface area (Å²) in [6.45, 7) is 0. The number of nitrogens with zero attached hydrogens (tertiary/aromatic N) is 1. The molecule has 122 valence electrons. The van der Waals surface area contributed by atoms with Gasteiger partial charge in [0.15, 0.2) is 0 Å². The number of benzene rings is 2. The van der Waals surface area contributed by atoms with Crippen molar-refractivity contribution in [1.82, 2.24) is 4.98 Å². The van der Waals surface area contributed by atoms with Crippen LogP contribution < -0.4 is 4.74 Å². The molecule has 0 spiro atoms. The molecule has 1 heterocycles. The first-order valence-electron chi connectivity index (χ1n) is 6.48. The molecular formula is C16H6F5NO2. The average Bonchev–Trinajstić information content (AvgIpc) is 2.61. The minimum Gasteiger partial charge on any atom is -0.416 e. The van der Waals surface area contributed by atoms with Crippen LogP contribution in [0.15, 0.2) is 36.5 Å². The van der Waals surface area contributed by atoms with Crippen LogP contribution >= 0.6 is 0 Å². The number of pyridine rings is 1. The molecule has 0 aliphatic carbocycles. The van der Waals surface area contributed by atoms with Gasteiger partial charge in [0.05, 0.1) is 11.1 Å². The maximum Gasteiger partial charge on any atom is 0.343 e. The zero-order valence-corrected chi connectivity index (χ0v) is 11.6. The molecule has 0 aliphatic heterocycles. The largest absolute Gasteiger partial charge is 0.416 e. The second-order valence-corrected chi connectivity index (χ2v) is 4.70. The number of ether oxygens (including phenoxy) is 1. The molecule has 3 rings (SSSR count). The van der Waals surface area contributed by atoms with E-state index < -0.39 is 40.8 Å². The molecule has 0 aliphatic rings. The van der Waals surface area contributed by atoms with Crippen LogP contribution in [0.3, 0.4) is 0 Å². The van der Waals surface area contributed by atoms with E-state index in [4.69, 9.17) is 0 Å². The van der Waals surface area contributed by atoms with E-state index >= 15 is 0 Å². The van der Waals surface area contributed by atoms with Gasteiger partial charge in [-0.2, -0.15) is 8.78 Å². The van der Waals surface area contributed by atoms with Crippen molar-refractivity contribution in [2.45, 2.75) is 0 Å². The highest BCUT2D eigenvalue weighted by Gasteiger charge is 2.28. The van der Waals surface area contributed by atoms with E-state index in [0.717, 1.165) is 0 Å². The number of fused-ring (bicyclic) bond motifs is 1. The molecule has 0 amide bonds. The van der Waals surface area contributed by atoms with E-state index in [1.807, 2.05) is 0 Å². The van der Waals surface area contributed by atoms with Crippen molar-refractivity contribution in [2.24, 2.45) is 0 Å². The second-order valence-electron chi connectivity index (χ2n) is 4.70. The number of rotatable bonds is 2. The smallest absolute Gasteiger partial charge is 0.343 e. The number of esters is 1. The lowest BCUT2D eigenvalue weighted by Crippen LogP contribution is -2.13. The Morgan fingerprint density at radius 3 is 2.17 bits per heavy atom. The molecule has 0 fully saturated rings. The van der Waals surface area contributed by atoms with Crippen molar-refractivity contribution in [1.29, 1.82) is 0 Å². The van der Waals surface area contributed by atoms with E-state index in [9.17, 15) is 26.7 Å². The highest BCUT2D eigenvalue weighted by Crippen LogP contribution is 2.29. The zero-order chi connectivity index (χ0) is 17.4. The van der Waals surface area contributed by atoms with Crippen LogP contribution in [0.1, 0.15) is 10.4 Å². The van der Waals surface area contributed by atoms with Crippen molar-refractivity contribution in [3.63, 3.8) is 0 Å². The van der Waals surface area contributed by atoms with Gasteiger partial charge < -0.3 is 4.74 Å². The monoisotopic (exact) mass is 339 g/mol. The molecule has 0 N–H and O–H groups in total. The summed E-state index contributed by atoms with van der Waals surface area (Å²) in [5.74, 6) is -14.1. The number of carbonyl (C=O) groups is 1. The van der Waals surface area contributed by atoms with Crippen LogP contribution in [0.4, 0.5) is 22.0 Å². The first-order chi connectivity index (χ1) is 11.4. The average molecular weight is 339 g/mol. The molecular weight excluding hydrogens is 333 g/mol. The van der Waals surface area contributed by atoms with Gasteiger partial charge in [0.25, 0.3) is 0 Å². The molecule has 0 saturated heterocycles. The summed E-state index contributed by atoms with van der Waals surface area (Å²) in [6, 6.07) is 7.24. The molecule has 0 unspecified atom stereocenters. The van der Waals surface area contributed by atoms with Gasteiger partial charge >= 0.3 is 5.97 Å². The molecule has 3 aromatic rings. The Kier molecular flexibility index (Phi) is 3.88. The first-order valence-corrected chi connectivity index (χ1v) is 6.48. The molecule has 2 aromatic carbocycles. The van der Waals surface area contributed by atoms with Gasteiger partial charge in [0.1, 0.15) is 0 Å². The molecule has 0 bridgehead atoms. The quantitative estimate of drug-likeness (QED) is 0.231. The Balaban J connectivity index is 2.00. The fourth-order valence-electron chi connectivity index (χ4n) is 2.03. The third-order valence-electron chi connectivity index (χ3n) is 3.20. The third-order valence-corrected chi connectivity index (χ3v) is 3.20. The molecule has 0 radical (unpaired) electrons. The predicted molar refractivity (Wildman–Crippen MR) is 72.9 cm³/mol. The summed E-state index contributed by atoms with van der Waals surface area (Å²) in [6.07, 6.45) is 1.52. The summed E-state index contributed by atoms with van der Waals surface area (Å²) in [7, 11) is 0. The Bertz CT molecular complexity index is 945. The number of carbonyl (C=O) groups excluding carboxylic acids is 1. The normalized spacial score (nSPS) is 10.9. The van der Waals surface area contributed by atoms with Gasteiger partial charge in [0, 0.05) is 11.6 Å². The van der Waals surface area contributed by atoms with Crippen LogP contribution in [0, 0.1) is 29.1 Å². The Hall–Kier alpha value is -3.03. The summed E-state index contributed by atoms with van der Waals surface area (Å²) in [5.41, 5.74) is 0.407. The minimum absolute atomic E-state index is 0.139. The van der Waals surface area contributed by atoms with E-state index in [1.54, 1.807) is 12.1 Å². The van der Waals surface area contributed by atoms with Gasteiger partial charge in [0.2, 0.25) is 34.8 Å². The Morgan fingerprint density at radius 1 is 0.875 bits per heavy atom. The maximum atomic E-state index is 13.5. The van der Waals surface area contributed by atoms with Gasteiger partial charge in [-0.3, -0.25) is 4.98 Å². The predicted octanol–water partition coefficient (Wildman–Crippen LogP) is 4.15. The lowest BCUT2D eigenvalue weighted by Gasteiger charge is -2.09. The van der Waals surface area contributed by atoms with E-state index in [0.29, 0.717) is 10.9 Å². The molecule has 0 atom stereocenters. The van der Waals surface area contributed by atoms with Gasteiger partial charge in [-0.15, -0.1) is 0 Å². The maximum absolute atomic E-state index is 13.5. The Morgan fingerprint density at radius 2 is 1.50 bits per heavy atom. The van der Waals surface area contributed by atoms with Gasteiger partial charge in [-0.05, 0) is 24.3 Å². The van der Waals surface area contributed by atoms with Crippen molar-refractivity contribution in [2.75, 3.05) is 0 Å². The van der Waals surface area contributed by atoms with E-state index in [-0.39, 0.29) is 5.56 Å². The Labute approximate surface area is 131 Å². The highest BCUT2D eigenvalue weighted by molar-refractivity contribution is 5.95. The number of hydrogen-bond donors (Lipinski definition) is 0. The second kappa shape index (κ2) is 5.88. The molecule has 8 heteroatoms. The van der Waals surface area contributed by atoms with Crippen LogP contribution in [0.5, 0.6) is 5.75 Å². The summed E-state index contributed by atoms with van der Waals surface area (Å²) < 4.78 is 70.6. The topological polar surface area (TPSA) is 39.2 Å². The fourth-order valence-corrected chi connectivity index (χ4v) is 2.03. The molecule has 1 aromatic heterocycles. The number of aromatic nitrogens is 1. The summed E-state index contributed by atoms with van der Waals surface area (Å²) >= 11 is 0. The van der Waals surface area contributed by atoms with Crippen LogP contribution in [0.2, 0.25) is 0 Å². The van der Waals surface area contributed by atoms with Gasteiger partial charge in [-0.25, -0.2) is 18.0 Å². The number of halogens is 5. The van der Waals surface area contributed by atoms with Crippen molar-refractivity contribution in [3.8, 4) is 5.75 Å². The zero-order valence-electron chi connectivity index (χ0n) is 11.6. The third kappa shape index (κ3) is 2.55. The molecule has 3 nitrogen and oxygen atoms in total. The SMILES string of the molecule is O=C(Oc1c(F)c(F)c(F)c(F)c1F)c1ccc2ncccc2c1. The lowest BCUT2D eigenvalue weighted by molar-refractivity contribution is 0.0716. The fraction of sp³-hybridized carbons (Fsp3) is 0. The highest BCUT2D eigenvalue weighted by atomic mass is 19.2. The van der Waals surface area contributed by atoms with Crippen LogP contribution in [-0.2, 0) is 0 Å². The first kappa shape index (κ1) is 15.9. The van der Waals surface area contributed by atoms with Crippen molar-refractivity contribution in [3.05, 3.63) is 71.2 Å².